The lowest BCUT2D eigenvalue weighted by atomic mass is 10.2. The van der Waals surface area contributed by atoms with Gasteiger partial charge in [0.25, 0.3) is 5.91 Å². The Morgan fingerprint density at radius 1 is 1.52 bits per heavy atom. The number of oxazole rings is 1. The van der Waals surface area contributed by atoms with Crippen molar-refractivity contribution in [3.05, 3.63) is 17.8 Å². The van der Waals surface area contributed by atoms with E-state index < -0.39 is 0 Å². The van der Waals surface area contributed by atoms with Gasteiger partial charge >= 0.3 is 0 Å². The Bertz CT molecular complexity index is 512. The number of amides is 2. The normalized spacial score (nSPS) is 21.6. The summed E-state index contributed by atoms with van der Waals surface area (Å²) >= 11 is 0. The van der Waals surface area contributed by atoms with Crippen molar-refractivity contribution in [3.63, 3.8) is 0 Å². The predicted molar refractivity (Wildman–Crippen MR) is 77.8 cm³/mol. The molecule has 1 aromatic rings. The minimum absolute atomic E-state index is 0.0254. The van der Waals surface area contributed by atoms with E-state index in [1.807, 2.05) is 11.8 Å². The number of unbranched alkanes of at least 4 members (excludes halogenated alkanes) is 1. The van der Waals surface area contributed by atoms with Gasteiger partial charge in [0.2, 0.25) is 11.7 Å². The van der Waals surface area contributed by atoms with Crippen molar-refractivity contribution in [2.75, 3.05) is 6.54 Å². The smallest absolute Gasteiger partial charge is 0.289 e. The number of nitrogens with zero attached hydrogens (tertiary/aromatic N) is 2. The van der Waals surface area contributed by atoms with Gasteiger partial charge in [-0.1, -0.05) is 13.3 Å². The molecule has 116 valence electrons. The lowest BCUT2D eigenvalue weighted by Crippen LogP contribution is -2.39. The van der Waals surface area contributed by atoms with Gasteiger partial charge < -0.3 is 14.6 Å². The molecule has 6 heteroatoms. The van der Waals surface area contributed by atoms with Crippen LogP contribution in [0.2, 0.25) is 0 Å². The van der Waals surface area contributed by atoms with Crippen LogP contribution in [0.3, 0.4) is 0 Å². The Hall–Kier alpha value is -1.85. The molecule has 21 heavy (non-hydrogen) atoms. The third-order valence-corrected chi connectivity index (χ3v) is 3.93. The van der Waals surface area contributed by atoms with Gasteiger partial charge in [0, 0.05) is 25.0 Å². The second-order valence-corrected chi connectivity index (χ2v) is 5.67. The average molecular weight is 293 g/mol. The lowest BCUT2D eigenvalue weighted by molar-refractivity contribution is -0.131. The minimum atomic E-state index is -0.259. The zero-order chi connectivity index (χ0) is 15.4. The summed E-state index contributed by atoms with van der Waals surface area (Å²) in [4.78, 5) is 30.0. The van der Waals surface area contributed by atoms with Crippen LogP contribution >= 0.6 is 0 Å². The van der Waals surface area contributed by atoms with E-state index in [1.165, 1.54) is 6.39 Å². The molecule has 2 rings (SSSR count). The highest BCUT2D eigenvalue weighted by molar-refractivity contribution is 5.92. The Labute approximate surface area is 124 Å². The van der Waals surface area contributed by atoms with E-state index in [1.54, 1.807) is 6.92 Å². The van der Waals surface area contributed by atoms with Crippen LogP contribution in [-0.4, -0.2) is 40.3 Å². The molecule has 0 aromatic carbocycles. The van der Waals surface area contributed by atoms with Gasteiger partial charge in [-0.3, -0.25) is 9.59 Å². The average Bonchev–Trinajstić information content (AvgIpc) is 3.02. The summed E-state index contributed by atoms with van der Waals surface area (Å²) in [6.45, 7) is 6.40. The Kier molecular flexibility index (Phi) is 4.98. The molecule has 2 heterocycles. The van der Waals surface area contributed by atoms with Gasteiger partial charge in [0.1, 0.15) is 0 Å². The van der Waals surface area contributed by atoms with E-state index >= 15 is 0 Å². The number of hydrogen-bond donors (Lipinski definition) is 1. The lowest BCUT2D eigenvalue weighted by Gasteiger charge is -2.21. The van der Waals surface area contributed by atoms with Gasteiger partial charge in [-0.15, -0.1) is 0 Å². The molecule has 6 nitrogen and oxygen atoms in total. The van der Waals surface area contributed by atoms with Crippen LogP contribution < -0.4 is 5.32 Å². The van der Waals surface area contributed by atoms with Crippen LogP contribution in [0.5, 0.6) is 0 Å². The van der Waals surface area contributed by atoms with Gasteiger partial charge in [-0.05, 0) is 26.7 Å². The second kappa shape index (κ2) is 6.74. The molecule has 1 fully saturated rings. The number of rotatable bonds is 5. The molecule has 1 aliphatic rings. The second-order valence-electron chi connectivity index (χ2n) is 5.67. The summed E-state index contributed by atoms with van der Waals surface area (Å²) in [5.74, 6) is 0.167. The van der Waals surface area contributed by atoms with Crippen molar-refractivity contribution in [3.8, 4) is 0 Å². The number of carbonyl (C=O) groups excluding carboxylic acids is 2. The van der Waals surface area contributed by atoms with Gasteiger partial charge in [-0.2, -0.15) is 0 Å². The van der Waals surface area contributed by atoms with Crippen molar-refractivity contribution in [1.82, 2.24) is 15.2 Å². The summed E-state index contributed by atoms with van der Waals surface area (Å²) in [7, 11) is 0. The van der Waals surface area contributed by atoms with Crippen LogP contribution in [0, 0.1) is 6.92 Å². The van der Waals surface area contributed by atoms with Crippen LogP contribution in [-0.2, 0) is 4.79 Å². The van der Waals surface area contributed by atoms with Crippen LogP contribution in [0.1, 0.15) is 55.8 Å². The van der Waals surface area contributed by atoms with E-state index in [0.717, 1.165) is 19.3 Å². The Morgan fingerprint density at radius 2 is 2.29 bits per heavy atom. The molecule has 0 radical (unpaired) electrons. The Balaban J connectivity index is 1.90. The number of nitrogens with one attached hydrogen (secondary N) is 1. The number of aromatic nitrogens is 1. The first-order valence-electron chi connectivity index (χ1n) is 7.53. The SMILES string of the molecule is CCCCC(=O)N1CC(NC(=O)c2ocnc2C)CC1C. The van der Waals surface area contributed by atoms with Crippen molar-refractivity contribution in [2.45, 2.75) is 58.5 Å². The van der Waals surface area contributed by atoms with Crippen LogP contribution in [0.15, 0.2) is 10.8 Å². The number of hydrogen-bond acceptors (Lipinski definition) is 4. The summed E-state index contributed by atoms with van der Waals surface area (Å²) in [6.07, 6.45) is 4.55. The van der Waals surface area contributed by atoms with Gasteiger partial charge in [-0.25, -0.2) is 4.98 Å². The van der Waals surface area contributed by atoms with E-state index in [4.69, 9.17) is 4.42 Å². The molecule has 0 aliphatic carbocycles. The fourth-order valence-electron chi connectivity index (χ4n) is 2.73. The molecular weight excluding hydrogens is 270 g/mol. The zero-order valence-corrected chi connectivity index (χ0v) is 12.9. The maximum Gasteiger partial charge on any atom is 0.289 e. The van der Waals surface area contributed by atoms with E-state index in [9.17, 15) is 9.59 Å². The van der Waals surface area contributed by atoms with E-state index in [0.29, 0.717) is 18.7 Å². The summed E-state index contributed by atoms with van der Waals surface area (Å²) in [6, 6.07) is 0.137. The number of carbonyl (C=O) groups is 2. The highest BCUT2D eigenvalue weighted by atomic mass is 16.3. The van der Waals surface area contributed by atoms with Crippen molar-refractivity contribution in [2.24, 2.45) is 0 Å². The summed E-state index contributed by atoms with van der Waals surface area (Å²) in [5.41, 5.74) is 0.578. The van der Waals surface area contributed by atoms with Crippen molar-refractivity contribution < 1.29 is 14.0 Å². The minimum Gasteiger partial charge on any atom is -0.438 e. The molecule has 2 atom stereocenters. The number of aryl methyl sites for hydroxylation is 1. The number of likely N-dealkylation sites (tertiary alicyclic amines) is 1. The third kappa shape index (κ3) is 3.62. The largest absolute Gasteiger partial charge is 0.438 e. The van der Waals surface area contributed by atoms with Crippen LogP contribution in [0.4, 0.5) is 0 Å². The summed E-state index contributed by atoms with van der Waals surface area (Å²) < 4.78 is 5.09. The fourth-order valence-corrected chi connectivity index (χ4v) is 2.73. The zero-order valence-electron chi connectivity index (χ0n) is 12.9. The molecule has 0 saturated carbocycles. The van der Waals surface area contributed by atoms with E-state index in [2.05, 4.69) is 17.2 Å². The quantitative estimate of drug-likeness (QED) is 0.899. The molecule has 1 saturated heterocycles. The van der Waals surface area contributed by atoms with Crippen molar-refractivity contribution in [1.29, 1.82) is 0 Å². The molecule has 0 bridgehead atoms. The van der Waals surface area contributed by atoms with Gasteiger partial charge in [0.15, 0.2) is 6.39 Å². The highest BCUT2D eigenvalue weighted by Crippen LogP contribution is 2.20. The molecular formula is C15H23N3O3. The predicted octanol–water partition coefficient (Wildman–Crippen LogP) is 1.89. The molecule has 1 N–H and O–H groups in total. The van der Waals surface area contributed by atoms with E-state index in [-0.39, 0.29) is 29.7 Å². The summed E-state index contributed by atoms with van der Waals surface area (Å²) in [5, 5.41) is 2.93. The monoisotopic (exact) mass is 293 g/mol. The molecule has 2 amide bonds. The molecule has 2 unspecified atom stereocenters. The first-order chi connectivity index (χ1) is 10.0. The van der Waals surface area contributed by atoms with Gasteiger partial charge in [0.05, 0.1) is 5.69 Å². The third-order valence-electron chi connectivity index (χ3n) is 3.93. The first kappa shape index (κ1) is 15.5. The topological polar surface area (TPSA) is 75.4 Å². The highest BCUT2D eigenvalue weighted by Gasteiger charge is 2.33. The first-order valence-corrected chi connectivity index (χ1v) is 7.53. The van der Waals surface area contributed by atoms with Crippen molar-refractivity contribution >= 4 is 11.8 Å². The molecule has 1 aromatic heterocycles. The molecule has 0 spiro atoms. The fraction of sp³-hybridized carbons (Fsp3) is 0.667. The maximum absolute atomic E-state index is 12.1. The Morgan fingerprint density at radius 3 is 2.90 bits per heavy atom. The van der Waals surface area contributed by atoms with Crippen LogP contribution in [0.25, 0.3) is 0 Å². The molecule has 1 aliphatic heterocycles. The maximum atomic E-state index is 12.1. The standard InChI is InChI=1S/C15H23N3O3/c1-4-5-6-13(19)18-8-12(7-10(18)2)17-15(20)14-11(3)16-9-21-14/h9-10,12H,4-8H2,1-3H3,(H,17,20).